The highest BCUT2D eigenvalue weighted by molar-refractivity contribution is 4.64. The van der Waals surface area contributed by atoms with Crippen molar-refractivity contribution in [1.29, 1.82) is 0 Å². The second-order valence-electron chi connectivity index (χ2n) is 1.78. The highest BCUT2D eigenvalue weighted by atomic mass is 13.8. The molecule has 0 radical (unpaired) electrons. The van der Waals surface area contributed by atoms with Crippen LogP contribution in [-0.2, 0) is 0 Å². The number of unbranched alkanes of at least 4 members (excludes halogenated alkanes) is 3. The predicted molar refractivity (Wildman–Crippen MR) is 57.0 cm³/mol. The SMILES string of the molecule is C=CCCCCC.CC.CC. The van der Waals surface area contributed by atoms with Crippen LogP contribution in [0.2, 0.25) is 0 Å². The Balaban J connectivity index is -0.000000138. The van der Waals surface area contributed by atoms with Crippen molar-refractivity contribution in [3.63, 3.8) is 0 Å². The summed E-state index contributed by atoms with van der Waals surface area (Å²) in [4.78, 5) is 0. The Morgan fingerprint density at radius 3 is 1.73 bits per heavy atom. The van der Waals surface area contributed by atoms with Gasteiger partial charge in [0.2, 0.25) is 0 Å². The molecule has 0 aromatic rings. The van der Waals surface area contributed by atoms with E-state index < -0.39 is 0 Å². The van der Waals surface area contributed by atoms with Crippen LogP contribution in [-0.4, -0.2) is 0 Å². The standard InChI is InChI=1S/C7H14.2C2H6/c1-3-5-7-6-4-2;2*1-2/h3H,1,4-7H2,2H3;2*1-2H3. The molecule has 0 fully saturated rings. The van der Waals surface area contributed by atoms with Crippen molar-refractivity contribution in [3.05, 3.63) is 12.7 Å². The smallest absolute Gasteiger partial charge is 0.0353 e. The van der Waals surface area contributed by atoms with E-state index in [1.54, 1.807) is 0 Å². The van der Waals surface area contributed by atoms with E-state index in [2.05, 4.69) is 13.5 Å². The molecule has 0 atom stereocenters. The van der Waals surface area contributed by atoms with Crippen molar-refractivity contribution >= 4 is 0 Å². The van der Waals surface area contributed by atoms with Gasteiger partial charge in [0, 0.05) is 0 Å². The van der Waals surface area contributed by atoms with Crippen LogP contribution in [0.3, 0.4) is 0 Å². The second kappa shape index (κ2) is 33.1. The molecule has 0 aromatic carbocycles. The third kappa shape index (κ3) is 41.7. The van der Waals surface area contributed by atoms with E-state index in [4.69, 9.17) is 0 Å². The van der Waals surface area contributed by atoms with Crippen LogP contribution in [0, 0.1) is 0 Å². The van der Waals surface area contributed by atoms with Gasteiger partial charge in [-0.2, -0.15) is 0 Å². The van der Waals surface area contributed by atoms with Gasteiger partial charge in [0.1, 0.15) is 0 Å². The molecule has 0 aliphatic heterocycles. The van der Waals surface area contributed by atoms with E-state index in [0.29, 0.717) is 0 Å². The summed E-state index contributed by atoms with van der Waals surface area (Å²) in [5.41, 5.74) is 0. The Labute approximate surface area is 73.7 Å². The first-order valence-electron chi connectivity index (χ1n) is 5.02. The van der Waals surface area contributed by atoms with Crippen molar-refractivity contribution < 1.29 is 0 Å². The number of hydrogen-bond acceptors (Lipinski definition) is 0. The van der Waals surface area contributed by atoms with Gasteiger partial charge in [-0.1, -0.05) is 53.5 Å². The zero-order chi connectivity index (χ0) is 9.54. The van der Waals surface area contributed by atoms with Crippen LogP contribution in [0.4, 0.5) is 0 Å². The van der Waals surface area contributed by atoms with Crippen molar-refractivity contribution in [2.24, 2.45) is 0 Å². The topological polar surface area (TPSA) is 0 Å². The minimum atomic E-state index is 1.19. The van der Waals surface area contributed by atoms with Gasteiger partial charge in [-0.05, 0) is 12.8 Å². The Morgan fingerprint density at radius 2 is 1.45 bits per heavy atom. The van der Waals surface area contributed by atoms with Gasteiger partial charge >= 0.3 is 0 Å². The van der Waals surface area contributed by atoms with E-state index in [0.717, 1.165) is 0 Å². The molecule has 0 nitrogen and oxygen atoms in total. The quantitative estimate of drug-likeness (QED) is 0.407. The molecule has 0 amide bonds. The lowest BCUT2D eigenvalue weighted by atomic mass is 10.2. The van der Waals surface area contributed by atoms with E-state index in [9.17, 15) is 0 Å². The van der Waals surface area contributed by atoms with Gasteiger partial charge < -0.3 is 0 Å². The maximum atomic E-state index is 3.63. The Kier molecular flexibility index (Phi) is 51.2. The van der Waals surface area contributed by atoms with Gasteiger partial charge in [-0.25, -0.2) is 0 Å². The Bertz CT molecular complexity index is 37.3. The number of hydrogen-bond donors (Lipinski definition) is 0. The summed E-state index contributed by atoms with van der Waals surface area (Å²) in [7, 11) is 0. The first-order chi connectivity index (χ1) is 5.41. The summed E-state index contributed by atoms with van der Waals surface area (Å²) in [6.45, 7) is 13.8. The molecule has 0 saturated heterocycles. The van der Waals surface area contributed by atoms with Crippen LogP contribution in [0.5, 0.6) is 0 Å². The third-order valence-corrected chi connectivity index (χ3v) is 1.01. The monoisotopic (exact) mass is 158 g/mol. The second-order valence-corrected chi connectivity index (χ2v) is 1.78. The normalized spacial score (nSPS) is 6.64. The van der Waals surface area contributed by atoms with Gasteiger partial charge in [-0.3, -0.25) is 0 Å². The average molecular weight is 158 g/mol. The van der Waals surface area contributed by atoms with Crippen LogP contribution in [0.1, 0.15) is 60.3 Å². The fourth-order valence-corrected chi connectivity index (χ4v) is 0.539. The summed E-state index contributed by atoms with van der Waals surface area (Å²) < 4.78 is 0. The fourth-order valence-electron chi connectivity index (χ4n) is 0.539. The summed E-state index contributed by atoms with van der Waals surface area (Å²) in [5, 5.41) is 0. The summed E-state index contributed by atoms with van der Waals surface area (Å²) in [6.07, 6.45) is 7.16. The van der Waals surface area contributed by atoms with Gasteiger partial charge in [0.25, 0.3) is 0 Å². The van der Waals surface area contributed by atoms with Gasteiger partial charge in [0.15, 0.2) is 0 Å². The Morgan fingerprint density at radius 1 is 1.00 bits per heavy atom. The predicted octanol–water partition coefficient (Wildman–Crippen LogP) is 4.81. The molecule has 0 aromatic heterocycles. The fraction of sp³-hybridized carbons (Fsp3) is 0.818. The minimum Gasteiger partial charge on any atom is -0.103 e. The largest absolute Gasteiger partial charge is 0.103 e. The van der Waals surface area contributed by atoms with E-state index in [1.807, 2.05) is 33.8 Å². The third-order valence-electron chi connectivity index (χ3n) is 1.01. The molecular formula is C11H26. The van der Waals surface area contributed by atoms with Crippen molar-refractivity contribution in [3.8, 4) is 0 Å². The number of allylic oxidation sites excluding steroid dienone is 1. The highest BCUT2D eigenvalue weighted by Gasteiger charge is 1.77. The molecule has 0 N–H and O–H groups in total. The van der Waals surface area contributed by atoms with E-state index >= 15 is 0 Å². The summed E-state index contributed by atoms with van der Waals surface area (Å²) in [5.74, 6) is 0. The highest BCUT2D eigenvalue weighted by Crippen LogP contribution is 1.97. The van der Waals surface area contributed by atoms with Crippen molar-refractivity contribution in [1.82, 2.24) is 0 Å². The van der Waals surface area contributed by atoms with Gasteiger partial charge in [0.05, 0.1) is 0 Å². The lowest BCUT2D eigenvalue weighted by molar-refractivity contribution is 0.730. The molecule has 0 spiro atoms. The van der Waals surface area contributed by atoms with Crippen LogP contribution < -0.4 is 0 Å². The maximum absolute atomic E-state index is 3.63. The molecule has 0 heterocycles. The molecular weight excluding hydrogens is 132 g/mol. The van der Waals surface area contributed by atoms with E-state index in [1.165, 1.54) is 25.7 Å². The summed E-state index contributed by atoms with van der Waals surface area (Å²) in [6, 6.07) is 0. The molecule has 0 unspecified atom stereocenters. The summed E-state index contributed by atoms with van der Waals surface area (Å²) >= 11 is 0. The maximum Gasteiger partial charge on any atom is -0.0353 e. The molecule has 0 aliphatic rings. The molecule has 0 heteroatoms. The zero-order valence-electron chi connectivity index (χ0n) is 9.11. The lowest BCUT2D eigenvalue weighted by Gasteiger charge is -1.87. The number of rotatable bonds is 4. The van der Waals surface area contributed by atoms with Crippen molar-refractivity contribution in [2.75, 3.05) is 0 Å². The molecule has 0 saturated carbocycles. The first kappa shape index (κ1) is 17.0. The zero-order valence-corrected chi connectivity index (χ0v) is 9.11. The van der Waals surface area contributed by atoms with Crippen molar-refractivity contribution in [2.45, 2.75) is 60.3 Å². The average Bonchev–Trinajstić information content (AvgIpc) is 2.13. The molecule has 0 aliphatic carbocycles. The minimum absolute atomic E-state index is 1.19. The molecule has 70 valence electrons. The molecule has 11 heavy (non-hydrogen) atoms. The molecule has 0 bridgehead atoms. The van der Waals surface area contributed by atoms with Gasteiger partial charge in [-0.15, -0.1) is 6.58 Å². The van der Waals surface area contributed by atoms with Crippen LogP contribution in [0.25, 0.3) is 0 Å². The Hall–Kier alpha value is -0.260. The lowest BCUT2D eigenvalue weighted by Crippen LogP contribution is -1.67. The van der Waals surface area contributed by atoms with Crippen LogP contribution in [0.15, 0.2) is 12.7 Å². The first-order valence-corrected chi connectivity index (χ1v) is 5.02. The van der Waals surface area contributed by atoms with E-state index in [-0.39, 0.29) is 0 Å². The van der Waals surface area contributed by atoms with Crippen LogP contribution >= 0.6 is 0 Å². The molecule has 0 rings (SSSR count).